The van der Waals surface area contributed by atoms with Gasteiger partial charge in [-0.05, 0) is 6.92 Å². The van der Waals surface area contributed by atoms with Gasteiger partial charge in [0.1, 0.15) is 6.10 Å². The van der Waals surface area contributed by atoms with Crippen LogP contribution in [0.25, 0.3) is 0 Å². The molecular formula is C11H26O7. The number of aliphatic hydroxyl groups excluding tert-OH is 4. The van der Waals surface area contributed by atoms with E-state index in [0.717, 1.165) is 6.61 Å². The number of hydrogen-bond acceptors (Lipinski definition) is 7. The largest absolute Gasteiger partial charge is 0.394 e. The van der Waals surface area contributed by atoms with Gasteiger partial charge in [0, 0.05) is 6.61 Å². The van der Waals surface area contributed by atoms with Gasteiger partial charge in [0.2, 0.25) is 0 Å². The fourth-order valence-electron chi connectivity index (χ4n) is 0.706. The Bertz CT molecular complexity index is 121. The van der Waals surface area contributed by atoms with Crippen LogP contribution in [0.5, 0.6) is 0 Å². The predicted octanol–water partition coefficient (Wildman–Crippen LogP) is -1.62. The van der Waals surface area contributed by atoms with Crippen LogP contribution in [-0.2, 0) is 14.2 Å². The molecule has 0 heterocycles. The molecule has 0 saturated carbocycles. The van der Waals surface area contributed by atoms with Crippen molar-refractivity contribution in [2.24, 2.45) is 0 Å². The zero-order chi connectivity index (χ0) is 14.1. The van der Waals surface area contributed by atoms with E-state index >= 15 is 0 Å². The summed E-state index contributed by atoms with van der Waals surface area (Å²) in [5.74, 6) is 0. The highest BCUT2D eigenvalue weighted by atomic mass is 16.5. The fourth-order valence-corrected chi connectivity index (χ4v) is 0.706. The number of ether oxygens (including phenoxy) is 3. The second-order valence-electron chi connectivity index (χ2n) is 3.16. The molecule has 0 bridgehead atoms. The summed E-state index contributed by atoms with van der Waals surface area (Å²) in [6.07, 6.45) is -0.954. The molecule has 0 fully saturated rings. The Balaban J connectivity index is 0. The molecule has 0 radical (unpaired) electrons. The molecule has 0 aliphatic heterocycles. The van der Waals surface area contributed by atoms with E-state index < -0.39 is 6.10 Å². The smallest absolute Gasteiger partial charge is 0.100 e. The third-order valence-corrected chi connectivity index (χ3v) is 1.61. The van der Waals surface area contributed by atoms with E-state index in [1.807, 2.05) is 6.92 Å². The highest BCUT2D eigenvalue weighted by Gasteiger charge is 1.93. The molecular weight excluding hydrogens is 244 g/mol. The van der Waals surface area contributed by atoms with Crippen LogP contribution in [0.3, 0.4) is 0 Å². The van der Waals surface area contributed by atoms with Gasteiger partial charge in [-0.2, -0.15) is 0 Å². The molecule has 0 amide bonds. The van der Waals surface area contributed by atoms with Crippen molar-refractivity contribution < 1.29 is 34.6 Å². The molecule has 112 valence electrons. The Kier molecular flexibility index (Phi) is 21.2. The van der Waals surface area contributed by atoms with Gasteiger partial charge in [0.15, 0.2) is 0 Å². The zero-order valence-corrected chi connectivity index (χ0v) is 11.0. The van der Waals surface area contributed by atoms with Gasteiger partial charge in [0.05, 0.1) is 52.9 Å². The molecule has 0 aromatic carbocycles. The lowest BCUT2D eigenvalue weighted by atomic mass is 10.4. The van der Waals surface area contributed by atoms with E-state index in [0.29, 0.717) is 33.0 Å². The van der Waals surface area contributed by atoms with Crippen LogP contribution in [0.1, 0.15) is 6.92 Å². The van der Waals surface area contributed by atoms with Crippen LogP contribution in [-0.4, -0.2) is 86.0 Å². The Morgan fingerprint density at radius 3 is 1.56 bits per heavy atom. The first-order valence-corrected chi connectivity index (χ1v) is 5.96. The summed E-state index contributed by atoms with van der Waals surface area (Å²) in [5.41, 5.74) is 0. The number of rotatable bonds is 11. The van der Waals surface area contributed by atoms with Crippen molar-refractivity contribution in [3.8, 4) is 0 Å². The van der Waals surface area contributed by atoms with E-state index in [4.69, 9.17) is 34.6 Å². The van der Waals surface area contributed by atoms with Crippen LogP contribution < -0.4 is 0 Å². The fraction of sp³-hybridized carbons (Fsp3) is 1.00. The van der Waals surface area contributed by atoms with Crippen molar-refractivity contribution in [2.45, 2.75) is 13.0 Å². The molecule has 0 aromatic heterocycles. The minimum Gasteiger partial charge on any atom is -0.394 e. The van der Waals surface area contributed by atoms with Gasteiger partial charge < -0.3 is 34.6 Å². The van der Waals surface area contributed by atoms with Crippen molar-refractivity contribution in [3.63, 3.8) is 0 Å². The summed E-state index contributed by atoms with van der Waals surface area (Å²) in [5, 5.41) is 32.4. The van der Waals surface area contributed by atoms with Crippen LogP contribution in [0, 0.1) is 0 Å². The summed E-state index contributed by atoms with van der Waals surface area (Å²) >= 11 is 0. The molecule has 0 aromatic rings. The molecule has 0 spiro atoms. The molecule has 7 heteroatoms. The van der Waals surface area contributed by atoms with Gasteiger partial charge in [-0.25, -0.2) is 0 Å². The van der Waals surface area contributed by atoms with Gasteiger partial charge in [-0.15, -0.1) is 0 Å². The normalized spacial score (nSPS) is 10.3. The first-order chi connectivity index (χ1) is 8.72. The van der Waals surface area contributed by atoms with E-state index in [9.17, 15) is 0 Å². The minimum absolute atomic E-state index is 0.0684. The summed E-state index contributed by atoms with van der Waals surface area (Å²) in [6.45, 7) is 4.74. The van der Waals surface area contributed by atoms with Crippen molar-refractivity contribution in [2.75, 3.05) is 59.5 Å². The summed E-state index contributed by atoms with van der Waals surface area (Å²) < 4.78 is 15.2. The van der Waals surface area contributed by atoms with Gasteiger partial charge in [0.25, 0.3) is 0 Å². The van der Waals surface area contributed by atoms with E-state index in [1.165, 1.54) is 0 Å². The third-order valence-electron chi connectivity index (χ3n) is 1.61. The topological polar surface area (TPSA) is 109 Å². The Labute approximate surface area is 108 Å². The Morgan fingerprint density at radius 2 is 1.22 bits per heavy atom. The van der Waals surface area contributed by atoms with E-state index in [2.05, 4.69) is 0 Å². The summed E-state index contributed by atoms with van der Waals surface area (Å²) in [4.78, 5) is 0. The maximum absolute atomic E-state index is 8.35. The van der Waals surface area contributed by atoms with Gasteiger partial charge >= 0.3 is 0 Å². The maximum Gasteiger partial charge on any atom is 0.100 e. The maximum atomic E-state index is 8.35. The average Bonchev–Trinajstić information content (AvgIpc) is 2.41. The van der Waals surface area contributed by atoms with Crippen LogP contribution in [0.15, 0.2) is 0 Å². The summed E-state index contributed by atoms with van der Waals surface area (Å²) in [6, 6.07) is 0. The highest BCUT2D eigenvalue weighted by molar-refractivity contribution is 4.44. The van der Waals surface area contributed by atoms with Gasteiger partial charge in [-0.3, -0.25) is 0 Å². The molecule has 0 aliphatic rings. The standard InChI is InChI=1S/C8H18O4.C3H8O3/c1-2-10-5-6-12-8-7-11-4-3-9;4-1-3(6)2-5/h9H,2-8H2,1H3;3-6H,1-2H2. The lowest BCUT2D eigenvalue weighted by molar-refractivity contribution is 0.00965. The van der Waals surface area contributed by atoms with Crippen molar-refractivity contribution in [3.05, 3.63) is 0 Å². The minimum atomic E-state index is -0.954. The second-order valence-corrected chi connectivity index (χ2v) is 3.16. The van der Waals surface area contributed by atoms with Crippen LogP contribution in [0.2, 0.25) is 0 Å². The monoisotopic (exact) mass is 270 g/mol. The van der Waals surface area contributed by atoms with Crippen molar-refractivity contribution >= 4 is 0 Å². The lowest BCUT2D eigenvalue weighted by Crippen LogP contribution is -2.15. The molecule has 0 unspecified atom stereocenters. The van der Waals surface area contributed by atoms with Crippen molar-refractivity contribution in [1.82, 2.24) is 0 Å². The Hall–Kier alpha value is -0.280. The molecule has 7 nitrogen and oxygen atoms in total. The Morgan fingerprint density at radius 1 is 0.778 bits per heavy atom. The first kappa shape index (κ1) is 20.0. The lowest BCUT2D eigenvalue weighted by Gasteiger charge is -2.04. The van der Waals surface area contributed by atoms with Crippen LogP contribution in [0.4, 0.5) is 0 Å². The SMILES string of the molecule is CCOCCOCCOCCO.OCC(O)CO. The number of aliphatic hydroxyl groups is 4. The van der Waals surface area contributed by atoms with Gasteiger partial charge in [-0.1, -0.05) is 0 Å². The third kappa shape index (κ3) is 21.1. The molecule has 0 atom stereocenters. The summed E-state index contributed by atoms with van der Waals surface area (Å²) in [7, 11) is 0. The number of hydrogen-bond donors (Lipinski definition) is 4. The second kappa shape index (κ2) is 19.1. The average molecular weight is 270 g/mol. The molecule has 18 heavy (non-hydrogen) atoms. The molecule has 4 N–H and O–H groups in total. The quantitative estimate of drug-likeness (QED) is 0.334. The molecule has 0 saturated heterocycles. The predicted molar refractivity (Wildman–Crippen MR) is 65.4 cm³/mol. The van der Waals surface area contributed by atoms with Crippen molar-refractivity contribution in [1.29, 1.82) is 0 Å². The highest BCUT2D eigenvalue weighted by Crippen LogP contribution is 1.80. The van der Waals surface area contributed by atoms with E-state index in [-0.39, 0.29) is 19.8 Å². The van der Waals surface area contributed by atoms with Crippen LogP contribution >= 0.6 is 0 Å². The molecule has 0 aliphatic carbocycles. The molecule has 0 rings (SSSR count). The first-order valence-electron chi connectivity index (χ1n) is 5.96. The van der Waals surface area contributed by atoms with E-state index in [1.54, 1.807) is 0 Å². The zero-order valence-electron chi connectivity index (χ0n) is 11.0.